The standard InChI is InChI=1S/C15H15Cl2PS/c16-13-5-1-11(2-6-13)15(9-10-18-19)12-3-7-14(17)8-4-12/h1-8,15H,9-10,18H2. The summed E-state index contributed by atoms with van der Waals surface area (Å²) in [7, 11) is 0.122. The first kappa shape index (κ1) is 15.1. The third-order valence-corrected chi connectivity index (χ3v) is 4.90. The maximum Gasteiger partial charge on any atom is 0.0406 e. The number of hydrogen-bond acceptors (Lipinski definition) is 1. The van der Waals surface area contributed by atoms with Crippen LogP contribution in [0.3, 0.4) is 0 Å². The van der Waals surface area contributed by atoms with E-state index in [0.717, 1.165) is 22.6 Å². The van der Waals surface area contributed by atoms with Gasteiger partial charge in [-0.15, -0.1) is 11.8 Å². The van der Waals surface area contributed by atoms with Crippen molar-refractivity contribution in [1.29, 1.82) is 0 Å². The van der Waals surface area contributed by atoms with Crippen LogP contribution in [0, 0.1) is 0 Å². The van der Waals surface area contributed by atoms with Gasteiger partial charge in [-0.25, -0.2) is 0 Å². The van der Waals surface area contributed by atoms with Crippen molar-refractivity contribution in [3.05, 3.63) is 69.7 Å². The van der Waals surface area contributed by atoms with Gasteiger partial charge in [-0.2, -0.15) is 0 Å². The van der Waals surface area contributed by atoms with Crippen LogP contribution in [0.2, 0.25) is 10.0 Å². The van der Waals surface area contributed by atoms with Gasteiger partial charge in [-0.3, -0.25) is 0 Å². The average Bonchev–Trinajstić information content (AvgIpc) is 2.43. The topological polar surface area (TPSA) is 0 Å². The van der Waals surface area contributed by atoms with Crippen LogP contribution >= 0.6 is 30.6 Å². The average molecular weight is 329 g/mol. The fraction of sp³-hybridized carbons (Fsp3) is 0.200. The van der Waals surface area contributed by atoms with Crippen molar-refractivity contribution >= 4 is 42.4 Å². The summed E-state index contributed by atoms with van der Waals surface area (Å²) < 4.78 is 0. The second-order valence-electron chi connectivity index (χ2n) is 4.40. The smallest absolute Gasteiger partial charge is 0.0406 e. The van der Waals surface area contributed by atoms with Crippen molar-refractivity contribution in [3.63, 3.8) is 0 Å². The number of halogens is 2. The predicted molar refractivity (Wildman–Crippen MR) is 91.3 cm³/mol. The van der Waals surface area contributed by atoms with E-state index in [1.807, 2.05) is 24.3 Å². The zero-order chi connectivity index (χ0) is 13.7. The summed E-state index contributed by atoms with van der Waals surface area (Å²) in [6, 6.07) is 16.2. The lowest BCUT2D eigenvalue weighted by atomic mass is 9.89. The second kappa shape index (κ2) is 7.45. The van der Waals surface area contributed by atoms with Crippen molar-refractivity contribution in [2.45, 2.75) is 12.3 Å². The summed E-state index contributed by atoms with van der Waals surface area (Å²) in [5.41, 5.74) is 2.57. The molecule has 0 saturated heterocycles. The van der Waals surface area contributed by atoms with Gasteiger partial charge in [0.25, 0.3) is 0 Å². The lowest BCUT2D eigenvalue weighted by Gasteiger charge is -2.17. The van der Waals surface area contributed by atoms with Crippen LogP contribution in [0.15, 0.2) is 48.5 Å². The minimum Gasteiger partial charge on any atom is -0.104 e. The third-order valence-electron chi connectivity index (χ3n) is 3.12. The Labute approximate surface area is 130 Å². The normalized spacial score (nSPS) is 11.5. The van der Waals surface area contributed by atoms with Crippen LogP contribution in [0.4, 0.5) is 0 Å². The van der Waals surface area contributed by atoms with Gasteiger partial charge in [0.1, 0.15) is 0 Å². The Morgan fingerprint density at radius 1 is 0.842 bits per heavy atom. The van der Waals surface area contributed by atoms with E-state index in [2.05, 4.69) is 24.3 Å². The van der Waals surface area contributed by atoms with E-state index in [4.69, 9.17) is 35.0 Å². The number of benzene rings is 2. The molecule has 2 aromatic carbocycles. The van der Waals surface area contributed by atoms with Crippen LogP contribution in [0.5, 0.6) is 0 Å². The molecule has 1 unspecified atom stereocenters. The first-order valence-corrected chi connectivity index (χ1v) is 9.61. The summed E-state index contributed by atoms with van der Waals surface area (Å²) >= 11 is 17.1. The van der Waals surface area contributed by atoms with Crippen LogP contribution < -0.4 is 0 Å². The first-order chi connectivity index (χ1) is 9.20. The maximum atomic E-state index is 5.96. The third kappa shape index (κ3) is 4.33. The molecule has 0 aromatic heterocycles. The van der Waals surface area contributed by atoms with Gasteiger partial charge >= 0.3 is 0 Å². The van der Waals surface area contributed by atoms with Gasteiger partial charge in [0, 0.05) is 16.0 Å². The van der Waals surface area contributed by atoms with E-state index in [1.165, 1.54) is 11.1 Å². The Hall–Kier alpha value is -0.330. The Balaban J connectivity index is 2.31. The van der Waals surface area contributed by atoms with Gasteiger partial charge in [0.05, 0.1) is 0 Å². The molecule has 100 valence electrons. The highest BCUT2D eigenvalue weighted by Gasteiger charge is 2.13. The van der Waals surface area contributed by atoms with Gasteiger partial charge < -0.3 is 0 Å². The molecule has 4 heteroatoms. The lowest BCUT2D eigenvalue weighted by molar-refractivity contribution is 0.785. The van der Waals surface area contributed by atoms with E-state index < -0.39 is 0 Å². The molecule has 0 fully saturated rings. The molecule has 0 amide bonds. The lowest BCUT2D eigenvalue weighted by Crippen LogP contribution is -2.02. The Morgan fingerprint density at radius 2 is 1.26 bits per heavy atom. The van der Waals surface area contributed by atoms with Crippen molar-refractivity contribution in [2.24, 2.45) is 0 Å². The molecule has 0 heterocycles. The summed E-state index contributed by atoms with van der Waals surface area (Å²) in [6.45, 7) is 0. The van der Waals surface area contributed by atoms with Crippen molar-refractivity contribution < 1.29 is 0 Å². The summed E-state index contributed by atoms with van der Waals surface area (Å²) in [6.07, 6.45) is 2.20. The van der Waals surface area contributed by atoms with Crippen LogP contribution in [0.25, 0.3) is 0 Å². The fourth-order valence-corrected chi connectivity index (χ4v) is 3.28. The molecule has 0 radical (unpaired) electrons. The summed E-state index contributed by atoms with van der Waals surface area (Å²) in [5.74, 6) is 0.380. The number of hydrogen-bond donors (Lipinski definition) is 0. The zero-order valence-electron chi connectivity index (χ0n) is 10.4. The van der Waals surface area contributed by atoms with Crippen LogP contribution in [-0.4, -0.2) is 6.16 Å². The van der Waals surface area contributed by atoms with Crippen LogP contribution in [0.1, 0.15) is 23.5 Å². The molecule has 0 aliphatic heterocycles. The van der Waals surface area contributed by atoms with E-state index in [9.17, 15) is 0 Å². The van der Waals surface area contributed by atoms with E-state index in [1.54, 1.807) is 0 Å². The number of rotatable bonds is 5. The van der Waals surface area contributed by atoms with Gasteiger partial charge in [-0.05, 0) is 48.0 Å². The molecule has 0 aliphatic carbocycles. The molecule has 0 N–H and O–H groups in total. The van der Waals surface area contributed by atoms with Crippen molar-refractivity contribution in [1.82, 2.24) is 0 Å². The summed E-state index contributed by atoms with van der Waals surface area (Å²) in [5, 5.41) is 1.54. The Kier molecular flexibility index (Phi) is 5.91. The molecule has 0 aliphatic rings. The maximum absolute atomic E-state index is 5.96. The molecule has 1 atom stereocenters. The molecule has 0 nitrogen and oxygen atoms in total. The Morgan fingerprint density at radius 3 is 1.63 bits per heavy atom. The van der Waals surface area contributed by atoms with Gasteiger partial charge in [0.15, 0.2) is 0 Å². The minimum absolute atomic E-state index is 0.122. The quantitative estimate of drug-likeness (QED) is 0.663. The van der Waals surface area contributed by atoms with E-state index in [0.29, 0.717) is 5.92 Å². The second-order valence-corrected chi connectivity index (χ2v) is 7.18. The molecule has 2 aromatic rings. The van der Waals surface area contributed by atoms with Crippen LogP contribution in [-0.2, 0) is 11.8 Å². The van der Waals surface area contributed by atoms with Crippen molar-refractivity contribution in [3.8, 4) is 0 Å². The van der Waals surface area contributed by atoms with Gasteiger partial charge in [0.2, 0.25) is 0 Å². The molecular formula is C15H15Cl2PS. The van der Waals surface area contributed by atoms with Crippen molar-refractivity contribution in [2.75, 3.05) is 6.16 Å². The van der Waals surface area contributed by atoms with E-state index in [-0.39, 0.29) is 7.36 Å². The highest BCUT2D eigenvalue weighted by atomic mass is 35.5. The molecule has 0 spiro atoms. The highest BCUT2D eigenvalue weighted by Crippen LogP contribution is 2.30. The molecule has 0 bridgehead atoms. The molecule has 19 heavy (non-hydrogen) atoms. The fourth-order valence-electron chi connectivity index (χ4n) is 2.15. The largest absolute Gasteiger partial charge is 0.104 e. The zero-order valence-corrected chi connectivity index (χ0v) is 13.8. The van der Waals surface area contributed by atoms with E-state index >= 15 is 0 Å². The minimum atomic E-state index is 0.122. The summed E-state index contributed by atoms with van der Waals surface area (Å²) in [4.78, 5) is 0. The predicted octanol–water partition coefficient (Wildman–Crippen LogP) is 5.39. The Bertz CT molecular complexity index is 492. The molecule has 0 saturated carbocycles. The SMILES string of the molecule is S=[PH2]CCC(c1ccc(Cl)cc1)c1ccc(Cl)cc1. The van der Waals surface area contributed by atoms with Gasteiger partial charge in [-0.1, -0.05) is 54.8 Å². The first-order valence-electron chi connectivity index (χ1n) is 6.15. The highest BCUT2D eigenvalue weighted by molar-refractivity contribution is 7.96. The molecule has 2 rings (SSSR count). The monoisotopic (exact) mass is 328 g/mol. The molecular weight excluding hydrogens is 314 g/mol.